The van der Waals surface area contributed by atoms with Gasteiger partial charge in [0.25, 0.3) is 0 Å². The fraction of sp³-hybridized carbons (Fsp3) is 0.261. The summed E-state index contributed by atoms with van der Waals surface area (Å²) < 4.78 is 41.4. The van der Waals surface area contributed by atoms with Crippen LogP contribution in [0.3, 0.4) is 0 Å². The van der Waals surface area contributed by atoms with Crippen LogP contribution in [0.4, 0.5) is 19.0 Å². The van der Waals surface area contributed by atoms with E-state index < -0.39 is 12.2 Å². The molecule has 4 heterocycles. The molecule has 1 fully saturated rings. The number of fused-ring (bicyclic) bond motifs is 2. The Balaban J connectivity index is 1.62. The van der Waals surface area contributed by atoms with Gasteiger partial charge >= 0.3 is 6.18 Å². The van der Waals surface area contributed by atoms with Gasteiger partial charge in [0.2, 0.25) is 0 Å². The third kappa shape index (κ3) is 3.78. The van der Waals surface area contributed by atoms with Crippen LogP contribution in [0.1, 0.15) is 18.9 Å². The molecule has 3 aromatic rings. The van der Waals surface area contributed by atoms with E-state index in [1.54, 1.807) is 6.33 Å². The average molecular weight is 471 g/mol. The van der Waals surface area contributed by atoms with Crippen molar-refractivity contribution in [2.75, 3.05) is 11.1 Å². The second-order valence-electron chi connectivity index (χ2n) is 7.79. The third-order valence-electron chi connectivity index (χ3n) is 5.84. The smallest absolute Gasteiger partial charge is 0.361 e. The van der Waals surface area contributed by atoms with Gasteiger partial charge < -0.3 is 15.2 Å². The monoisotopic (exact) mass is 470 g/mol. The SMILES string of the molecule is C=C1C(c2ccccc2)=C(C(CC)Nc2ncnc3nc[nH]c23)C=C2SCC(C(F)(F)F)N12. The van der Waals surface area contributed by atoms with Gasteiger partial charge in [-0.3, -0.25) is 0 Å². The molecular formula is C23H21F3N6S. The molecule has 0 saturated carbocycles. The fourth-order valence-corrected chi connectivity index (χ4v) is 5.53. The Kier molecular flexibility index (Phi) is 5.40. The van der Waals surface area contributed by atoms with Crippen LogP contribution in [-0.2, 0) is 0 Å². The standard InChI is InChI=1S/C23H21F3N6S/c1-3-16(31-22-20-21(28-11-27-20)29-12-30-22)15-9-18-32(17(10-33-18)23(24,25)26)13(2)19(15)14-7-5-4-6-8-14/h4-9,11-12,16-17H,2-3,10H2,1H3,(H2,27,28,29,30,31). The molecule has 2 atom stereocenters. The molecule has 170 valence electrons. The fourth-order valence-electron chi connectivity index (χ4n) is 4.28. The van der Waals surface area contributed by atoms with Gasteiger partial charge in [-0.05, 0) is 23.6 Å². The van der Waals surface area contributed by atoms with Gasteiger partial charge in [0.15, 0.2) is 11.5 Å². The number of allylic oxidation sites excluding steroid dienone is 1. The minimum absolute atomic E-state index is 0.0609. The normalized spacial score (nSPS) is 19.6. The number of rotatable bonds is 5. The molecule has 2 aliphatic rings. The number of aromatic nitrogens is 4. The molecular weight excluding hydrogens is 449 g/mol. The zero-order chi connectivity index (χ0) is 23.2. The molecule has 2 unspecified atom stereocenters. The van der Waals surface area contributed by atoms with Crippen LogP contribution in [0, 0.1) is 0 Å². The van der Waals surface area contributed by atoms with E-state index >= 15 is 0 Å². The average Bonchev–Trinajstić information content (AvgIpc) is 3.45. The van der Waals surface area contributed by atoms with Crippen LogP contribution in [0.5, 0.6) is 0 Å². The van der Waals surface area contributed by atoms with Crippen LogP contribution >= 0.6 is 11.8 Å². The molecule has 0 bridgehead atoms. The van der Waals surface area contributed by atoms with Gasteiger partial charge in [-0.15, -0.1) is 11.8 Å². The summed E-state index contributed by atoms with van der Waals surface area (Å²) in [6, 6.07) is 7.61. The molecule has 0 radical (unpaired) electrons. The summed E-state index contributed by atoms with van der Waals surface area (Å²) in [5.74, 6) is 0.525. The number of aromatic amines is 1. The maximum atomic E-state index is 13.8. The highest BCUT2D eigenvalue weighted by atomic mass is 32.2. The third-order valence-corrected chi connectivity index (χ3v) is 6.94. The zero-order valence-corrected chi connectivity index (χ0v) is 18.5. The van der Waals surface area contributed by atoms with Crippen molar-refractivity contribution in [3.63, 3.8) is 0 Å². The van der Waals surface area contributed by atoms with Gasteiger partial charge in [-0.25, -0.2) is 15.0 Å². The van der Waals surface area contributed by atoms with Gasteiger partial charge in [-0.1, -0.05) is 43.8 Å². The second-order valence-corrected chi connectivity index (χ2v) is 8.83. The van der Waals surface area contributed by atoms with Crippen molar-refractivity contribution in [3.8, 4) is 0 Å². The molecule has 10 heteroatoms. The van der Waals surface area contributed by atoms with E-state index in [0.717, 1.165) is 11.1 Å². The van der Waals surface area contributed by atoms with Crippen LogP contribution < -0.4 is 5.32 Å². The number of nitrogens with zero attached hydrogens (tertiary/aromatic N) is 4. The van der Waals surface area contributed by atoms with E-state index in [9.17, 15) is 13.2 Å². The summed E-state index contributed by atoms with van der Waals surface area (Å²) in [7, 11) is 0. The first kappa shape index (κ1) is 21.6. The second kappa shape index (κ2) is 8.26. The Morgan fingerprint density at radius 3 is 2.76 bits per heavy atom. The number of hydrogen-bond donors (Lipinski definition) is 2. The minimum atomic E-state index is -4.35. The van der Waals surface area contributed by atoms with Crippen molar-refractivity contribution in [1.29, 1.82) is 0 Å². The Hall–Kier alpha value is -3.27. The summed E-state index contributed by atoms with van der Waals surface area (Å²) in [5, 5.41) is 4.01. The number of alkyl halides is 3. The number of halogens is 3. The number of H-pyrrole nitrogens is 1. The lowest BCUT2D eigenvalue weighted by atomic mass is 9.88. The highest BCUT2D eigenvalue weighted by molar-refractivity contribution is 8.03. The summed E-state index contributed by atoms with van der Waals surface area (Å²) in [6.45, 7) is 6.16. The number of thioether (sulfide) groups is 1. The highest BCUT2D eigenvalue weighted by Crippen LogP contribution is 2.49. The first-order valence-corrected chi connectivity index (χ1v) is 11.5. The van der Waals surface area contributed by atoms with E-state index in [1.807, 2.05) is 43.3 Å². The Morgan fingerprint density at radius 2 is 2.03 bits per heavy atom. The van der Waals surface area contributed by atoms with E-state index in [1.165, 1.54) is 23.0 Å². The van der Waals surface area contributed by atoms with Gasteiger partial charge in [0, 0.05) is 17.0 Å². The van der Waals surface area contributed by atoms with Crippen molar-refractivity contribution < 1.29 is 13.2 Å². The highest BCUT2D eigenvalue weighted by Gasteiger charge is 2.50. The van der Waals surface area contributed by atoms with E-state index in [0.29, 0.717) is 39.7 Å². The molecule has 0 aliphatic carbocycles. The maximum Gasteiger partial charge on any atom is 0.409 e. The van der Waals surface area contributed by atoms with E-state index in [2.05, 4.69) is 31.8 Å². The lowest BCUT2D eigenvalue weighted by molar-refractivity contribution is -0.164. The number of hydrogen-bond acceptors (Lipinski definition) is 6. The van der Waals surface area contributed by atoms with E-state index in [4.69, 9.17) is 0 Å². The molecule has 1 saturated heterocycles. The Bertz CT molecular complexity index is 1260. The predicted octanol–water partition coefficient (Wildman–Crippen LogP) is 5.35. The van der Waals surface area contributed by atoms with Gasteiger partial charge in [0.05, 0.1) is 17.4 Å². The largest absolute Gasteiger partial charge is 0.409 e. The number of imidazole rings is 1. The molecule has 33 heavy (non-hydrogen) atoms. The Labute approximate surface area is 192 Å². The lowest BCUT2D eigenvalue weighted by Gasteiger charge is -2.37. The quantitative estimate of drug-likeness (QED) is 0.524. The van der Waals surface area contributed by atoms with Crippen molar-refractivity contribution in [2.45, 2.75) is 31.6 Å². The molecule has 0 amide bonds. The van der Waals surface area contributed by atoms with Crippen LogP contribution in [0.15, 0.2) is 71.9 Å². The summed E-state index contributed by atoms with van der Waals surface area (Å²) >= 11 is 1.21. The van der Waals surface area contributed by atoms with Gasteiger partial charge in [-0.2, -0.15) is 13.2 Å². The molecule has 2 aliphatic heterocycles. The predicted molar refractivity (Wildman–Crippen MR) is 124 cm³/mol. The minimum Gasteiger partial charge on any atom is -0.361 e. The topological polar surface area (TPSA) is 69.7 Å². The van der Waals surface area contributed by atoms with Crippen molar-refractivity contribution >= 4 is 34.3 Å². The number of nitrogens with one attached hydrogen (secondary N) is 2. The van der Waals surface area contributed by atoms with Crippen molar-refractivity contribution in [2.24, 2.45) is 0 Å². The first-order chi connectivity index (χ1) is 15.9. The molecule has 6 nitrogen and oxygen atoms in total. The summed E-state index contributed by atoms with van der Waals surface area (Å²) in [4.78, 5) is 17.1. The van der Waals surface area contributed by atoms with Crippen LogP contribution in [0.25, 0.3) is 16.7 Å². The summed E-state index contributed by atoms with van der Waals surface area (Å²) in [6.07, 6.45) is 1.18. The van der Waals surface area contributed by atoms with E-state index in [-0.39, 0.29) is 11.8 Å². The van der Waals surface area contributed by atoms with Crippen LogP contribution in [-0.4, -0.2) is 48.8 Å². The maximum absolute atomic E-state index is 13.8. The molecule has 2 aromatic heterocycles. The molecule has 0 spiro atoms. The van der Waals surface area contributed by atoms with Crippen molar-refractivity contribution in [1.82, 2.24) is 24.8 Å². The van der Waals surface area contributed by atoms with Crippen molar-refractivity contribution in [3.05, 3.63) is 77.5 Å². The first-order valence-electron chi connectivity index (χ1n) is 10.5. The molecule has 5 rings (SSSR count). The lowest BCUT2D eigenvalue weighted by Crippen LogP contribution is -2.43. The zero-order valence-electron chi connectivity index (χ0n) is 17.7. The number of anilines is 1. The summed E-state index contributed by atoms with van der Waals surface area (Å²) in [5.41, 5.74) is 3.97. The molecule has 2 N–H and O–H groups in total. The van der Waals surface area contributed by atoms with Crippen LogP contribution in [0.2, 0.25) is 0 Å². The van der Waals surface area contributed by atoms with Gasteiger partial charge in [0.1, 0.15) is 17.9 Å². The molecule has 1 aromatic carbocycles. The Morgan fingerprint density at radius 1 is 1.24 bits per heavy atom. The number of benzene rings is 1.